The smallest absolute Gasteiger partial charge is 0.293 e. The number of nitrogens with zero attached hydrogens (tertiary/aromatic N) is 1. The van der Waals surface area contributed by atoms with Crippen molar-refractivity contribution >= 4 is 21.8 Å². The van der Waals surface area contributed by atoms with Crippen molar-refractivity contribution in [1.29, 1.82) is 0 Å². The van der Waals surface area contributed by atoms with E-state index in [4.69, 9.17) is 4.74 Å². The number of H-pyrrole nitrogens is 1. The van der Waals surface area contributed by atoms with Gasteiger partial charge in [0.1, 0.15) is 5.75 Å². The van der Waals surface area contributed by atoms with E-state index in [0.29, 0.717) is 6.61 Å². The van der Waals surface area contributed by atoms with Crippen LogP contribution in [-0.2, 0) is 13.7 Å². The number of aromatic amines is 1. The summed E-state index contributed by atoms with van der Waals surface area (Å²) in [6.07, 6.45) is 0. The fourth-order valence-corrected chi connectivity index (χ4v) is 2.86. The Labute approximate surface area is 128 Å². The molecule has 0 aliphatic rings. The maximum atomic E-state index is 6.06. The van der Waals surface area contributed by atoms with E-state index in [1.807, 2.05) is 36.4 Å². The number of aromatic nitrogens is 2. The Morgan fingerprint density at radius 3 is 2.59 bits per heavy atom. The minimum atomic E-state index is 0.513. The number of rotatable bonds is 3. The zero-order chi connectivity index (χ0) is 14.9. The first-order valence-corrected chi connectivity index (χ1v) is 7.39. The summed E-state index contributed by atoms with van der Waals surface area (Å²) in [6, 6.07) is 22.7. The van der Waals surface area contributed by atoms with Gasteiger partial charge in [-0.3, -0.25) is 0 Å². The van der Waals surface area contributed by atoms with Crippen LogP contribution in [0.2, 0.25) is 0 Å². The molecule has 0 unspecified atom stereocenters. The van der Waals surface area contributed by atoms with E-state index in [2.05, 4.69) is 46.9 Å². The van der Waals surface area contributed by atoms with Crippen molar-refractivity contribution in [2.24, 2.45) is 7.05 Å². The van der Waals surface area contributed by atoms with Crippen LogP contribution in [0.25, 0.3) is 21.8 Å². The molecule has 0 atom stereocenters. The predicted molar refractivity (Wildman–Crippen MR) is 87.8 cm³/mol. The molecule has 3 heteroatoms. The normalized spacial score (nSPS) is 11.1. The number of aryl methyl sites for hydroxylation is 1. The number of nitrogens with one attached hydrogen (secondary N) is 1. The van der Waals surface area contributed by atoms with Gasteiger partial charge in [-0.15, -0.1) is 0 Å². The minimum absolute atomic E-state index is 0.513. The van der Waals surface area contributed by atoms with Crippen molar-refractivity contribution in [3.63, 3.8) is 0 Å². The summed E-state index contributed by atoms with van der Waals surface area (Å²) in [7, 11) is 2.06. The van der Waals surface area contributed by atoms with Gasteiger partial charge in [-0.2, -0.15) is 0 Å². The Kier molecular flexibility index (Phi) is 3.04. The number of fused-ring (bicyclic) bond motifs is 2. The van der Waals surface area contributed by atoms with Crippen molar-refractivity contribution < 1.29 is 9.30 Å². The van der Waals surface area contributed by atoms with Gasteiger partial charge >= 0.3 is 0 Å². The highest BCUT2D eigenvalue weighted by atomic mass is 16.5. The van der Waals surface area contributed by atoms with E-state index in [9.17, 15) is 0 Å². The summed E-state index contributed by atoms with van der Waals surface area (Å²) >= 11 is 0. The Bertz CT molecular complexity index is 951. The van der Waals surface area contributed by atoms with Crippen LogP contribution >= 0.6 is 0 Å². The lowest BCUT2D eigenvalue weighted by Gasteiger charge is -2.07. The van der Waals surface area contributed by atoms with Crippen LogP contribution in [0.15, 0.2) is 66.7 Å². The molecule has 4 aromatic rings. The quantitative estimate of drug-likeness (QED) is 0.572. The lowest BCUT2D eigenvalue weighted by atomic mass is 10.1. The van der Waals surface area contributed by atoms with Crippen LogP contribution in [0.3, 0.4) is 0 Å². The highest BCUT2D eigenvalue weighted by Crippen LogP contribution is 2.25. The topological polar surface area (TPSA) is 28.9 Å². The summed E-state index contributed by atoms with van der Waals surface area (Å²) in [6.45, 7) is 0.513. The Morgan fingerprint density at radius 2 is 1.68 bits per heavy atom. The molecule has 3 aromatic carbocycles. The van der Waals surface area contributed by atoms with E-state index >= 15 is 0 Å². The molecule has 0 saturated heterocycles. The molecule has 0 fully saturated rings. The van der Waals surface area contributed by atoms with Gasteiger partial charge in [0.15, 0.2) is 17.6 Å². The van der Waals surface area contributed by atoms with Crippen molar-refractivity contribution in [1.82, 2.24) is 4.98 Å². The Hall–Kier alpha value is -2.81. The zero-order valence-electron chi connectivity index (χ0n) is 12.4. The SMILES string of the molecule is C[n+]1c(COc2cccc3ccccc23)[nH]c2ccccc21. The number of benzene rings is 3. The zero-order valence-corrected chi connectivity index (χ0v) is 12.4. The third-order valence-electron chi connectivity index (χ3n) is 4.06. The van der Waals surface area contributed by atoms with Gasteiger partial charge in [0.2, 0.25) is 0 Å². The molecule has 0 radical (unpaired) electrons. The largest absolute Gasteiger partial charge is 0.480 e. The first kappa shape index (κ1) is 12.9. The standard InChI is InChI=1S/C19H16N2O/c1-21-17-11-5-4-10-16(17)20-19(21)13-22-18-12-6-8-14-7-2-3-9-15(14)18/h2-12H,13H2,1H3/p+1. The van der Waals surface area contributed by atoms with Crippen molar-refractivity contribution in [2.45, 2.75) is 6.61 Å². The fraction of sp³-hybridized carbons (Fsp3) is 0.105. The lowest BCUT2D eigenvalue weighted by Crippen LogP contribution is -2.32. The summed E-state index contributed by atoms with van der Waals surface area (Å²) in [5.74, 6) is 1.96. The Balaban J connectivity index is 1.67. The van der Waals surface area contributed by atoms with Crippen molar-refractivity contribution in [3.8, 4) is 5.75 Å². The van der Waals surface area contributed by atoms with Crippen LogP contribution in [-0.4, -0.2) is 4.98 Å². The highest BCUT2D eigenvalue weighted by molar-refractivity contribution is 5.88. The molecule has 0 aliphatic heterocycles. The summed E-state index contributed by atoms with van der Waals surface area (Å²) in [5.41, 5.74) is 2.31. The van der Waals surface area contributed by atoms with Gasteiger partial charge in [-0.05, 0) is 23.6 Å². The lowest BCUT2D eigenvalue weighted by molar-refractivity contribution is -0.654. The maximum absolute atomic E-state index is 6.06. The molecule has 0 aliphatic carbocycles. The summed E-state index contributed by atoms with van der Waals surface area (Å²) in [4.78, 5) is 3.42. The molecule has 3 nitrogen and oxygen atoms in total. The molecule has 4 rings (SSSR count). The third-order valence-corrected chi connectivity index (χ3v) is 4.06. The molecule has 0 saturated carbocycles. The monoisotopic (exact) mass is 289 g/mol. The average molecular weight is 289 g/mol. The molecule has 1 heterocycles. The maximum Gasteiger partial charge on any atom is 0.293 e. The third kappa shape index (κ3) is 2.11. The van der Waals surface area contributed by atoms with Crippen LogP contribution in [0.4, 0.5) is 0 Å². The number of hydrogen-bond acceptors (Lipinski definition) is 1. The second-order valence-corrected chi connectivity index (χ2v) is 5.41. The van der Waals surface area contributed by atoms with E-state index < -0.39 is 0 Å². The number of para-hydroxylation sites is 2. The molecule has 22 heavy (non-hydrogen) atoms. The first-order valence-electron chi connectivity index (χ1n) is 7.39. The van der Waals surface area contributed by atoms with Crippen molar-refractivity contribution in [3.05, 3.63) is 72.6 Å². The second kappa shape index (κ2) is 5.19. The van der Waals surface area contributed by atoms with Crippen LogP contribution in [0.5, 0.6) is 5.75 Å². The number of ether oxygens (including phenoxy) is 1. The van der Waals surface area contributed by atoms with E-state index in [1.165, 1.54) is 10.9 Å². The van der Waals surface area contributed by atoms with E-state index in [0.717, 1.165) is 22.5 Å². The van der Waals surface area contributed by atoms with Gasteiger partial charge in [0, 0.05) is 5.39 Å². The van der Waals surface area contributed by atoms with E-state index in [1.54, 1.807) is 0 Å². The molecule has 0 spiro atoms. The number of hydrogen-bond donors (Lipinski definition) is 1. The molecule has 108 valence electrons. The first-order chi connectivity index (χ1) is 10.8. The fourth-order valence-electron chi connectivity index (χ4n) is 2.86. The number of imidazole rings is 1. The molecular weight excluding hydrogens is 272 g/mol. The second-order valence-electron chi connectivity index (χ2n) is 5.41. The molecular formula is C19H17N2O+. The van der Waals surface area contributed by atoms with Crippen LogP contribution < -0.4 is 9.30 Å². The molecule has 0 amide bonds. The van der Waals surface area contributed by atoms with Gasteiger partial charge in [-0.25, -0.2) is 9.55 Å². The molecule has 1 aromatic heterocycles. The van der Waals surface area contributed by atoms with Crippen molar-refractivity contribution in [2.75, 3.05) is 0 Å². The Morgan fingerprint density at radius 1 is 0.909 bits per heavy atom. The van der Waals surface area contributed by atoms with Gasteiger partial charge in [0.05, 0.1) is 7.05 Å². The van der Waals surface area contributed by atoms with Gasteiger partial charge in [-0.1, -0.05) is 48.5 Å². The average Bonchev–Trinajstić information content (AvgIpc) is 2.89. The molecule has 1 N–H and O–H groups in total. The van der Waals surface area contributed by atoms with Gasteiger partial charge in [0.25, 0.3) is 5.82 Å². The van der Waals surface area contributed by atoms with Crippen LogP contribution in [0.1, 0.15) is 5.82 Å². The van der Waals surface area contributed by atoms with Crippen LogP contribution in [0, 0.1) is 0 Å². The molecule has 0 bridgehead atoms. The summed E-state index contributed by atoms with van der Waals surface area (Å²) in [5, 5.41) is 2.34. The van der Waals surface area contributed by atoms with E-state index in [-0.39, 0.29) is 0 Å². The summed E-state index contributed by atoms with van der Waals surface area (Å²) < 4.78 is 8.20. The minimum Gasteiger partial charge on any atom is -0.480 e. The van der Waals surface area contributed by atoms with Gasteiger partial charge < -0.3 is 4.74 Å². The predicted octanol–water partition coefficient (Wildman–Crippen LogP) is 3.72. The highest BCUT2D eigenvalue weighted by Gasteiger charge is 2.15.